The van der Waals surface area contributed by atoms with E-state index >= 15 is 0 Å². The van der Waals surface area contributed by atoms with Gasteiger partial charge in [-0.3, -0.25) is 4.79 Å². The molecule has 0 saturated heterocycles. The number of carbonyl (C=O) groups is 1. The quantitative estimate of drug-likeness (QED) is 0.804. The lowest BCUT2D eigenvalue weighted by atomic mass is 9.99. The molecule has 1 aromatic rings. The van der Waals surface area contributed by atoms with Crippen LogP contribution in [-0.2, 0) is 4.79 Å². The lowest BCUT2D eigenvalue weighted by Crippen LogP contribution is -2.32. The Morgan fingerprint density at radius 2 is 2.17 bits per heavy atom. The maximum Gasteiger partial charge on any atom is 0.220 e. The lowest BCUT2D eigenvalue weighted by Gasteiger charge is -2.19. The third kappa shape index (κ3) is 4.47. The SMILES string of the molecule is CC(NC(=O)C[C@@H]1CCC[C@H]1N)c1ccc(OCC2CC2)c(F)c1. The number of ether oxygens (including phenoxy) is 1. The molecular weight excluding hydrogens is 307 g/mol. The number of nitrogens with two attached hydrogens (primary N) is 1. The van der Waals surface area contributed by atoms with E-state index in [1.807, 2.05) is 13.0 Å². The summed E-state index contributed by atoms with van der Waals surface area (Å²) in [4.78, 5) is 12.2. The molecule has 2 fully saturated rings. The van der Waals surface area contributed by atoms with E-state index in [2.05, 4.69) is 5.32 Å². The molecule has 5 heteroatoms. The highest BCUT2D eigenvalue weighted by atomic mass is 19.1. The van der Waals surface area contributed by atoms with Gasteiger partial charge < -0.3 is 15.8 Å². The van der Waals surface area contributed by atoms with Crippen molar-refractivity contribution in [3.8, 4) is 5.75 Å². The second-order valence-corrected chi connectivity index (χ2v) is 7.29. The Kier molecular flexibility index (Phi) is 5.39. The van der Waals surface area contributed by atoms with Gasteiger partial charge in [-0.05, 0) is 62.1 Å². The second kappa shape index (κ2) is 7.51. The third-order valence-corrected chi connectivity index (χ3v) is 5.17. The van der Waals surface area contributed by atoms with Crippen LogP contribution in [0.1, 0.15) is 57.1 Å². The molecule has 3 rings (SSSR count). The lowest BCUT2D eigenvalue weighted by molar-refractivity contribution is -0.122. The molecule has 0 heterocycles. The van der Waals surface area contributed by atoms with E-state index < -0.39 is 0 Å². The molecule has 0 radical (unpaired) electrons. The highest BCUT2D eigenvalue weighted by Gasteiger charge is 2.26. The number of rotatable bonds is 7. The summed E-state index contributed by atoms with van der Waals surface area (Å²) in [6, 6.07) is 4.82. The summed E-state index contributed by atoms with van der Waals surface area (Å²) in [5.41, 5.74) is 6.76. The fourth-order valence-corrected chi connectivity index (χ4v) is 3.34. The minimum Gasteiger partial charge on any atom is -0.490 e. The first-order valence-corrected chi connectivity index (χ1v) is 9.00. The summed E-state index contributed by atoms with van der Waals surface area (Å²) in [6.45, 7) is 2.45. The Bertz CT molecular complexity index is 589. The topological polar surface area (TPSA) is 64.4 Å². The molecule has 1 amide bonds. The van der Waals surface area contributed by atoms with Gasteiger partial charge in [0.15, 0.2) is 11.6 Å². The molecule has 24 heavy (non-hydrogen) atoms. The average molecular weight is 334 g/mol. The van der Waals surface area contributed by atoms with E-state index in [0.29, 0.717) is 24.7 Å². The molecule has 2 aliphatic carbocycles. The molecule has 0 aliphatic heterocycles. The molecule has 1 unspecified atom stereocenters. The Hall–Kier alpha value is -1.62. The smallest absolute Gasteiger partial charge is 0.220 e. The van der Waals surface area contributed by atoms with Crippen LogP contribution < -0.4 is 15.8 Å². The van der Waals surface area contributed by atoms with Crippen LogP contribution in [0.2, 0.25) is 0 Å². The molecule has 2 aliphatic rings. The van der Waals surface area contributed by atoms with Gasteiger partial charge in [0.25, 0.3) is 0 Å². The van der Waals surface area contributed by atoms with Gasteiger partial charge in [0.1, 0.15) is 0 Å². The summed E-state index contributed by atoms with van der Waals surface area (Å²) < 4.78 is 19.6. The predicted molar refractivity (Wildman–Crippen MR) is 91.1 cm³/mol. The minimum atomic E-state index is -0.368. The van der Waals surface area contributed by atoms with Crippen molar-refractivity contribution in [3.63, 3.8) is 0 Å². The summed E-state index contributed by atoms with van der Waals surface area (Å²) in [5, 5.41) is 2.95. The van der Waals surface area contributed by atoms with Gasteiger partial charge in [0.05, 0.1) is 12.6 Å². The van der Waals surface area contributed by atoms with E-state index in [0.717, 1.165) is 24.8 Å². The first-order chi connectivity index (χ1) is 11.5. The number of hydrogen-bond donors (Lipinski definition) is 2. The maximum atomic E-state index is 14.1. The largest absolute Gasteiger partial charge is 0.490 e. The Balaban J connectivity index is 1.52. The second-order valence-electron chi connectivity index (χ2n) is 7.29. The molecule has 0 spiro atoms. The number of halogens is 1. The van der Waals surface area contributed by atoms with Crippen LogP contribution in [0.25, 0.3) is 0 Å². The zero-order chi connectivity index (χ0) is 17.1. The van der Waals surface area contributed by atoms with Gasteiger partial charge in [-0.1, -0.05) is 12.5 Å². The van der Waals surface area contributed by atoms with E-state index in [-0.39, 0.29) is 29.7 Å². The summed E-state index contributed by atoms with van der Waals surface area (Å²) in [5.74, 6) is 0.767. The van der Waals surface area contributed by atoms with Gasteiger partial charge in [-0.15, -0.1) is 0 Å². The van der Waals surface area contributed by atoms with E-state index in [1.165, 1.54) is 18.9 Å². The number of hydrogen-bond acceptors (Lipinski definition) is 3. The van der Waals surface area contributed by atoms with Crippen LogP contribution in [0.3, 0.4) is 0 Å². The first kappa shape index (κ1) is 17.2. The van der Waals surface area contributed by atoms with Crippen molar-refractivity contribution in [1.29, 1.82) is 0 Å². The van der Waals surface area contributed by atoms with Crippen molar-refractivity contribution in [3.05, 3.63) is 29.6 Å². The van der Waals surface area contributed by atoms with Crippen molar-refractivity contribution in [2.45, 2.75) is 57.5 Å². The first-order valence-electron chi connectivity index (χ1n) is 9.00. The van der Waals surface area contributed by atoms with E-state index in [9.17, 15) is 9.18 Å². The molecule has 132 valence electrons. The highest BCUT2D eigenvalue weighted by Crippen LogP contribution is 2.31. The molecule has 3 atom stereocenters. The van der Waals surface area contributed by atoms with Gasteiger partial charge in [0, 0.05) is 12.5 Å². The van der Waals surface area contributed by atoms with Crippen LogP contribution in [0, 0.1) is 17.7 Å². The highest BCUT2D eigenvalue weighted by molar-refractivity contribution is 5.76. The van der Waals surface area contributed by atoms with Crippen LogP contribution in [-0.4, -0.2) is 18.6 Å². The normalized spacial score (nSPS) is 24.6. The zero-order valence-corrected chi connectivity index (χ0v) is 14.3. The molecule has 0 bridgehead atoms. The number of benzene rings is 1. The number of amides is 1. The summed E-state index contributed by atoms with van der Waals surface area (Å²) in [6.07, 6.45) is 5.92. The fraction of sp³-hybridized carbons (Fsp3) is 0.632. The third-order valence-electron chi connectivity index (χ3n) is 5.17. The molecule has 2 saturated carbocycles. The van der Waals surface area contributed by atoms with Crippen molar-refractivity contribution in [2.24, 2.45) is 17.6 Å². The van der Waals surface area contributed by atoms with Gasteiger partial charge in [-0.2, -0.15) is 0 Å². The monoisotopic (exact) mass is 334 g/mol. The van der Waals surface area contributed by atoms with E-state index in [4.69, 9.17) is 10.5 Å². The van der Waals surface area contributed by atoms with Gasteiger partial charge in [0.2, 0.25) is 5.91 Å². The summed E-state index contributed by atoms with van der Waals surface area (Å²) in [7, 11) is 0. The van der Waals surface area contributed by atoms with Crippen LogP contribution in [0.15, 0.2) is 18.2 Å². The van der Waals surface area contributed by atoms with Crippen molar-refractivity contribution in [1.82, 2.24) is 5.32 Å². The van der Waals surface area contributed by atoms with Crippen molar-refractivity contribution in [2.75, 3.05) is 6.61 Å². The molecular formula is C19H27FN2O2. The Labute approximate surface area is 142 Å². The zero-order valence-electron chi connectivity index (χ0n) is 14.3. The maximum absolute atomic E-state index is 14.1. The Morgan fingerprint density at radius 3 is 2.79 bits per heavy atom. The fourth-order valence-electron chi connectivity index (χ4n) is 3.34. The molecule has 1 aromatic carbocycles. The molecule has 0 aromatic heterocycles. The number of nitrogens with one attached hydrogen (secondary N) is 1. The number of carbonyl (C=O) groups excluding carboxylic acids is 1. The standard InChI is InChI=1S/C19H27FN2O2/c1-12(22-19(23)10-15-3-2-4-17(15)21)14-7-8-18(16(20)9-14)24-11-13-5-6-13/h7-9,12-13,15,17H,2-6,10-11,21H2,1H3,(H,22,23)/t12?,15-,17+/m0/s1. The molecule has 4 nitrogen and oxygen atoms in total. The summed E-state index contributed by atoms with van der Waals surface area (Å²) >= 11 is 0. The minimum absolute atomic E-state index is 0.0145. The van der Waals surface area contributed by atoms with Crippen molar-refractivity contribution < 1.29 is 13.9 Å². The van der Waals surface area contributed by atoms with Crippen LogP contribution >= 0.6 is 0 Å². The van der Waals surface area contributed by atoms with E-state index in [1.54, 1.807) is 6.07 Å². The van der Waals surface area contributed by atoms with Crippen LogP contribution in [0.4, 0.5) is 4.39 Å². The van der Waals surface area contributed by atoms with Crippen molar-refractivity contribution >= 4 is 5.91 Å². The van der Waals surface area contributed by atoms with Gasteiger partial charge in [-0.25, -0.2) is 4.39 Å². The van der Waals surface area contributed by atoms with Crippen LogP contribution in [0.5, 0.6) is 5.75 Å². The Morgan fingerprint density at radius 1 is 1.38 bits per heavy atom. The average Bonchev–Trinajstić information content (AvgIpc) is 3.29. The molecule has 3 N–H and O–H groups in total. The van der Waals surface area contributed by atoms with Gasteiger partial charge >= 0.3 is 0 Å². The predicted octanol–water partition coefficient (Wildman–Crippen LogP) is 3.31.